The van der Waals surface area contributed by atoms with E-state index in [1.807, 2.05) is 0 Å². The molecule has 1 aromatic heterocycles. The lowest BCUT2D eigenvalue weighted by atomic mass is 9.99. The summed E-state index contributed by atoms with van der Waals surface area (Å²) < 4.78 is 1.57. The number of aromatic hydroxyl groups is 1. The summed E-state index contributed by atoms with van der Waals surface area (Å²) in [5, 5.41) is 29.1. The molecule has 0 radical (unpaired) electrons. The topological polar surface area (TPSA) is 164 Å². The average Bonchev–Trinajstić information content (AvgIpc) is 3.20. The van der Waals surface area contributed by atoms with Crippen molar-refractivity contribution in [1.29, 1.82) is 0 Å². The minimum absolute atomic E-state index is 0.0315. The van der Waals surface area contributed by atoms with Gasteiger partial charge in [-0.15, -0.1) is 16.9 Å². The van der Waals surface area contributed by atoms with Crippen molar-refractivity contribution in [2.24, 2.45) is 12.8 Å². The van der Waals surface area contributed by atoms with Crippen molar-refractivity contribution >= 4 is 29.5 Å². The van der Waals surface area contributed by atoms with Crippen LogP contribution in [0.25, 0.3) is 0 Å². The van der Waals surface area contributed by atoms with Crippen LogP contribution in [-0.2, 0) is 27.9 Å². The molecule has 1 saturated heterocycles. The highest BCUT2D eigenvalue weighted by Gasteiger charge is 2.54. The fourth-order valence-corrected chi connectivity index (χ4v) is 5.13. The third kappa shape index (κ3) is 4.06. The SMILES string of the molecule is Cn1cc(CCC2=C(C(=O)O)N3C(=O)[C@@H](NC(=O)[C@H](N)c4ccc(O)cc4)[C@H]3SC2)nn1. The number of rotatable bonds is 7. The Hall–Kier alpha value is -3.38. The molecule has 3 heterocycles. The highest BCUT2D eigenvalue weighted by molar-refractivity contribution is 8.00. The van der Waals surface area contributed by atoms with Gasteiger partial charge in [0.25, 0.3) is 5.91 Å². The fourth-order valence-electron chi connectivity index (χ4n) is 3.74. The number of aromatic nitrogens is 3. The first-order valence-electron chi connectivity index (χ1n) is 9.86. The summed E-state index contributed by atoms with van der Waals surface area (Å²) in [5.74, 6) is -1.74. The number of phenolic OH excluding ortho intramolecular Hbond substituents is 1. The number of nitrogens with zero attached hydrogens (tertiary/aromatic N) is 4. The predicted octanol–water partition coefficient (Wildman–Crippen LogP) is -0.108. The molecule has 0 spiro atoms. The lowest BCUT2D eigenvalue weighted by Crippen LogP contribution is -2.71. The first-order chi connectivity index (χ1) is 15.3. The molecule has 0 saturated carbocycles. The Morgan fingerprint density at radius 3 is 2.66 bits per heavy atom. The van der Waals surface area contributed by atoms with Crippen LogP contribution in [0.5, 0.6) is 5.75 Å². The van der Waals surface area contributed by atoms with Crippen molar-refractivity contribution in [1.82, 2.24) is 25.2 Å². The van der Waals surface area contributed by atoms with Crippen molar-refractivity contribution in [2.75, 3.05) is 5.75 Å². The Bertz CT molecular complexity index is 1100. The molecule has 0 bridgehead atoms. The number of carbonyl (C=O) groups excluding carboxylic acids is 2. The van der Waals surface area contributed by atoms with E-state index in [1.165, 1.54) is 40.9 Å². The largest absolute Gasteiger partial charge is 0.508 e. The molecule has 32 heavy (non-hydrogen) atoms. The van der Waals surface area contributed by atoms with Crippen molar-refractivity contribution in [2.45, 2.75) is 30.3 Å². The zero-order valence-corrected chi connectivity index (χ0v) is 18.0. The van der Waals surface area contributed by atoms with Gasteiger partial charge in [0.2, 0.25) is 5.91 Å². The lowest BCUT2D eigenvalue weighted by Gasteiger charge is -2.49. The van der Waals surface area contributed by atoms with Crippen LogP contribution in [0, 0.1) is 0 Å². The number of aliphatic carboxylic acids is 1. The van der Waals surface area contributed by atoms with Crippen molar-refractivity contribution in [3.63, 3.8) is 0 Å². The number of carboxylic acid groups (broad SMARTS) is 1. The summed E-state index contributed by atoms with van der Waals surface area (Å²) in [6, 6.07) is 4.01. The van der Waals surface area contributed by atoms with E-state index in [-0.39, 0.29) is 11.4 Å². The number of hydrogen-bond acceptors (Lipinski definition) is 8. The molecule has 11 nitrogen and oxygen atoms in total. The number of β-lactam (4-membered cyclic amide) rings is 1. The summed E-state index contributed by atoms with van der Waals surface area (Å²) >= 11 is 1.40. The van der Waals surface area contributed by atoms with Gasteiger partial charge in [-0.3, -0.25) is 19.2 Å². The number of thioether (sulfide) groups is 1. The van der Waals surface area contributed by atoms with Gasteiger partial charge in [0, 0.05) is 19.0 Å². The van der Waals surface area contributed by atoms with Gasteiger partial charge >= 0.3 is 5.97 Å². The van der Waals surface area contributed by atoms with Gasteiger partial charge in [-0.25, -0.2) is 4.79 Å². The van der Waals surface area contributed by atoms with Crippen LogP contribution in [0.15, 0.2) is 41.7 Å². The average molecular weight is 459 g/mol. The molecule has 12 heteroatoms. The van der Waals surface area contributed by atoms with E-state index in [0.29, 0.717) is 29.7 Å². The van der Waals surface area contributed by atoms with Crippen molar-refractivity contribution in [3.05, 3.63) is 53.0 Å². The Morgan fingerprint density at radius 2 is 2.03 bits per heavy atom. The van der Waals surface area contributed by atoms with Gasteiger partial charge in [0.15, 0.2) is 0 Å². The first kappa shape index (κ1) is 21.8. The number of aryl methyl sites for hydroxylation is 2. The summed E-state index contributed by atoms with van der Waals surface area (Å²) in [6.07, 6.45) is 2.71. The van der Waals surface area contributed by atoms with E-state index < -0.39 is 35.2 Å². The van der Waals surface area contributed by atoms with E-state index in [4.69, 9.17) is 5.73 Å². The normalized spacial score (nSPS) is 21.1. The first-order valence-corrected chi connectivity index (χ1v) is 10.9. The molecule has 0 unspecified atom stereocenters. The number of fused-ring (bicyclic) bond motifs is 1. The van der Waals surface area contributed by atoms with Gasteiger partial charge < -0.3 is 21.3 Å². The van der Waals surface area contributed by atoms with Crippen molar-refractivity contribution in [3.8, 4) is 5.75 Å². The molecular weight excluding hydrogens is 436 g/mol. The van der Waals surface area contributed by atoms with Gasteiger partial charge in [-0.2, -0.15) is 0 Å². The number of hydrogen-bond donors (Lipinski definition) is 4. The summed E-state index contributed by atoms with van der Waals surface area (Å²) in [4.78, 5) is 38.5. The monoisotopic (exact) mass is 458 g/mol. The maximum absolute atomic E-state index is 12.8. The molecule has 2 aliphatic rings. The number of nitrogens with two attached hydrogens (primary N) is 1. The summed E-state index contributed by atoms with van der Waals surface area (Å²) in [5.41, 5.74) is 7.81. The number of phenols is 1. The van der Waals surface area contributed by atoms with Crippen LogP contribution in [-0.4, -0.2) is 65.1 Å². The molecule has 0 aliphatic carbocycles. The Labute approximate surface area is 187 Å². The summed E-state index contributed by atoms with van der Waals surface area (Å²) in [6.45, 7) is 0. The second kappa shape index (κ2) is 8.63. The minimum Gasteiger partial charge on any atom is -0.508 e. The molecule has 1 aromatic carbocycles. The highest BCUT2D eigenvalue weighted by Crippen LogP contribution is 2.41. The number of carbonyl (C=O) groups is 3. The zero-order chi connectivity index (χ0) is 23.0. The van der Waals surface area contributed by atoms with Gasteiger partial charge in [-0.1, -0.05) is 17.3 Å². The predicted molar refractivity (Wildman–Crippen MR) is 114 cm³/mol. The van der Waals surface area contributed by atoms with Crippen LogP contribution in [0.2, 0.25) is 0 Å². The Balaban J connectivity index is 1.45. The smallest absolute Gasteiger partial charge is 0.352 e. The van der Waals surface area contributed by atoms with Crippen LogP contribution in [0.3, 0.4) is 0 Å². The zero-order valence-electron chi connectivity index (χ0n) is 17.1. The van der Waals surface area contributed by atoms with E-state index in [0.717, 1.165) is 5.69 Å². The Kier molecular flexibility index (Phi) is 5.89. The molecule has 5 N–H and O–H groups in total. The van der Waals surface area contributed by atoms with Crippen LogP contribution in [0.4, 0.5) is 0 Å². The third-order valence-electron chi connectivity index (χ3n) is 5.42. The molecule has 2 aliphatic heterocycles. The fraction of sp³-hybridized carbons (Fsp3) is 0.350. The molecular formula is C20H22N6O5S. The quantitative estimate of drug-likeness (QED) is 0.415. The van der Waals surface area contributed by atoms with E-state index in [2.05, 4.69) is 15.6 Å². The minimum atomic E-state index is -1.18. The molecule has 4 rings (SSSR count). The maximum atomic E-state index is 12.8. The van der Waals surface area contributed by atoms with Crippen LogP contribution >= 0.6 is 11.8 Å². The Morgan fingerprint density at radius 1 is 1.31 bits per heavy atom. The van der Waals surface area contributed by atoms with E-state index in [1.54, 1.807) is 17.9 Å². The summed E-state index contributed by atoms with van der Waals surface area (Å²) in [7, 11) is 1.75. The standard InChI is InChI=1S/C20H22N6O5S/c1-25-8-12(23-24-25)5-2-11-9-32-19-15(18(29)26(19)16(11)20(30)31)22-17(28)14(21)10-3-6-13(27)7-4-10/h3-4,6-8,14-15,19,27H,2,5,9,21H2,1H3,(H,22,28)(H,30,31)/t14-,15-,19-/m1/s1. The third-order valence-corrected chi connectivity index (χ3v) is 6.75. The van der Waals surface area contributed by atoms with E-state index in [9.17, 15) is 24.6 Å². The lowest BCUT2D eigenvalue weighted by molar-refractivity contribution is -0.150. The number of amides is 2. The van der Waals surface area contributed by atoms with Crippen molar-refractivity contribution < 1.29 is 24.6 Å². The molecule has 2 amide bonds. The molecule has 168 valence electrons. The van der Waals surface area contributed by atoms with Gasteiger partial charge in [0.1, 0.15) is 28.9 Å². The van der Waals surface area contributed by atoms with Crippen LogP contribution in [0.1, 0.15) is 23.7 Å². The highest BCUT2D eigenvalue weighted by atomic mass is 32.2. The number of benzene rings is 1. The van der Waals surface area contributed by atoms with Gasteiger partial charge in [-0.05, 0) is 36.1 Å². The van der Waals surface area contributed by atoms with E-state index >= 15 is 0 Å². The maximum Gasteiger partial charge on any atom is 0.352 e. The molecule has 3 atom stereocenters. The molecule has 2 aromatic rings. The number of nitrogens with one attached hydrogen (secondary N) is 1. The number of carboxylic acids is 1. The molecule has 1 fully saturated rings. The second-order valence-electron chi connectivity index (χ2n) is 7.61. The second-order valence-corrected chi connectivity index (χ2v) is 8.71. The van der Waals surface area contributed by atoms with Crippen LogP contribution < -0.4 is 11.1 Å². The van der Waals surface area contributed by atoms with Gasteiger partial charge in [0.05, 0.1) is 5.69 Å².